The maximum absolute atomic E-state index is 12.9. The molecule has 0 spiro atoms. The van der Waals surface area contributed by atoms with Crippen LogP contribution in [0.2, 0.25) is 0 Å². The van der Waals surface area contributed by atoms with E-state index < -0.39 is 29.9 Å². The quantitative estimate of drug-likeness (QED) is 0.230. The number of nitrogens with two attached hydrogens (primary N) is 3. The summed E-state index contributed by atoms with van der Waals surface area (Å²) in [6.07, 6.45) is 3.39. The summed E-state index contributed by atoms with van der Waals surface area (Å²) in [6, 6.07) is 1.91. The van der Waals surface area contributed by atoms with E-state index in [0.29, 0.717) is 11.5 Å². The van der Waals surface area contributed by atoms with Crippen LogP contribution in [-0.4, -0.2) is 71.4 Å². The smallest absolute Gasteiger partial charge is 0.475 e. The van der Waals surface area contributed by atoms with Gasteiger partial charge in [0.25, 0.3) is 11.8 Å². The molecule has 0 aromatic carbocycles. The molecule has 0 bridgehead atoms. The highest BCUT2D eigenvalue weighted by atomic mass is 19.4. The minimum atomic E-state index is -5.08. The fourth-order valence-corrected chi connectivity index (χ4v) is 3.76. The molecule has 1 aliphatic carbocycles. The molecule has 2 atom stereocenters. The number of nitrogens with one attached hydrogen (secondary N) is 2. The third-order valence-electron chi connectivity index (χ3n) is 5.57. The number of carboxylic acids is 1. The molecular formula is C21H25F3N10O5. The monoisotopic (exact) mass is 554 g/mol. The summed E-state index contributed by atoms with van der Waals surface area (Å²) >= 11 is 0. The van der Waals surface area contributed by atoms with Crippen LogP contribution in [0.5, 0.6) is 0 Å². The molecule has 9 N–H and O–H groups in total. The molecule has 39 heavy (non-hydrogen) atoms. The summed E-state index contributed by atoms with van der Waals surface area (Å²) in [6.45, 7) is -0.271. The summed E-state index contributed by atoms with van der Waals surface area (Å²) in [5.74, 6) is -4.27. The number of amides is 3. The largest absolute Gasteiger partial charge is 0.490 e. The van der Waals surface area contributed by atoms with Gasteiger partial charge >= 0.3 is 12.1 Å². The zero-order valence-electron chi connectivity index (χ0n) is 20.2. The number of nitrogens with zero attached hydrogens (tertiary/aromatic N) is 5. The Morgan fingerprint density at radius 3 is 2.41 bits per heavy atom. The summed E-state index contributed by atoms with van der Waals surface area (Å²) in [5.41, 5.74) is 17.0. The SMILES string of the molecule is NC(=O)Cn1cc(NC(=O)c2cnn3ccc(N[C@@H]4CCCC[C@@H]4N)nc23)c(C(N)=O)n1.O=C(O)C(F)(F)F. The van der Waals surface area contributed by atoms with Gasteiger partial charge in [-0.1, -0.05) is 12.8 Å². The van der Waals surface area contributed by atoms with Crippen molar-refractivity contribution in [1.82, 2.24) is 24.4 Å². The molecule has 0 radical (unpaired) electrons. The van der Waals surface area contributed by atoms with Gasteiger partial charge in [0.05, 0.1) is 11.9 Å². The molecule has 1 fully saturated rings. The van der Waals surface area contributed by atoms with E-state index in [2.05, 4.69) is 25.8 Å². The zero-order chi connectivity index (χ0) is 28.9. The first-order valence-electron chi connectivity index (χ1n) is 11.4. The number of hydrogen-bond acceptors (Lipinski definition) is 9. The minimum absolute atomic E-state index is 0.0404. The van der Waals surface area contributed by atoms with Crippen molar-refractivity contribution in [2.75, 3.05) is 10.6 Å². The molecule has 3 amide bonds. The van der Waals surface area contributed by atoms with E-state index in [1.54, 1.807) is 12.3 Å². The van der Waals surface area contributed by atoms with Gasteiger partial charge in [-0.15, -0.1) is 0 Å². The number of anilines is 2. The van der Waals surface area contributed by atoms with Crippen LogP contribution in [-0.2, 0) is 16.1 Å². The summed E-state index contributed by atoms with van der Waals surface area (Å²) < 4.78 is 34.3. The molecule has 15 nitrogen and oxygen atoms in total. The Kier molecular flexibility index (Phi) is 8.69. The number of aromatic nitrogens is 5. The highest BCUT2D eigenvalue weighted by Gasteiger charge is 2.38. The van der Waals surface area contributed by atoms with Crippen LogP contribution in [0.25, 0.3) is 5.65 Å². The standard InChI is InChI=1S/C19H24N10O3.C2HF3O2/c20-11-3-1-2-4-12(11)24-15-5-6-29-18(26-15)10(7-23-29)19(32)25-13-8-28(9-14(21)30)27-16(13)17(22)31;3-2(4,5)1(6)7/h5-8,11-12H,1-4,9,20H2,(H2,21,30)(H2,22,31)(H,24,26)(H,25,32);(H,6,7)/t11-,12+;/m0./s1. The van der Waals surface area contributed by atoms with Gasteiger partial charge in [0.15, 0.2) is 11.3 Å². The van der Waals surface area contributed by atoms with Crippen LogP contribution in [0.3, 0.4) is 0 Å². The molecule has 18 heteroatoms. The Labute approximate surface area is 217 Å². The Hall–Kier alpha value is -4.74. The van der Waals surface area contributed by atoms with E-state index >= 15 is 0 Å². The molecule has 4 rings (SSSR count). The minimum Gasteiger partial charge on any atom is -0.475 e. The highest BCUT2D eigenvalue weighted by molar-refractivity contribution is 6.10. The first-order valence-corrected chi connectivity index (χ1v) is 11.4. The lowest BCUT2D eigenvalue weighted by atomic mass is 9.91. The molecule has 0 unspecified atom stereocenters. The Morgan fingerprint density at radius 1 is 1.15 bits per heavy atom. The van der Waals surface area contributed by atoms with E-state index in [0.717, 1.165) is 30.4 Å². The number of carboxylic acid groups (broad SMARTS) is 1. The van der Waals surface area contributed by atoms with Crippen LogP contribution in [0.1, 0.15) is 46.5 Å². The predicted molar refractivity (Wildman–Crippen MR) is 128 cm³/mol. The van der Waals surface area contributed by atoms with Gasteiger partial charge in [0, 0.05) is 24.5 Å². The highest BCUT2D eigenvalue weighted by Crippen LogP contribution is 2.22. The van der Waals surface area contributed by atoms with Gasteiger partial charge in [0.2, 0.25) is 5.91 Å². The second-order valence-corrected chi connectivity index (χ2v) is 8.51. The zero-order valence-corrected chi connectivity index (χ0v) is 20.2. The van der Waals surface area contributed by atoms with E-state index in [1.165, 1.54) is 16.9 Å². The third-order valence-corrected chi connectivity index (χ3v) is 5.57. The number of fused-ring (bicyclic) bond motifs is 1. The van der Waals surface area contributed by atoms with Crippen molar-refractivity contribution >= 4 is 40.8 Å². The molecule has 210 valence electrons. The summed E-state index contributed by atoms with van der Waals surface area (Å²) in [7, 11) is 0. The number of hydrogen-bond donors (Lipinski definition) is 6. The van der Waals surface area contributed by atoms with Gasteiger partial charge < -0.3 is 32.9 Å². The van der Waals surface area contributed by atoms with Crippen molar-refractivity contribution in [1.29, 1.82) is 0 Å². The van der Waals surface area contributed by atoms with Crippen molar-refractivity contribution in [3.63, 3.8) is 0 Å². The van der Waals surface area contributed by atoms with Gasteiger partial charge in [-0.05, 0) is 18.9 Å². The van der Waals surface area contributed by atoms with E-state index in [-0.39, 0.29) is 35.6 Å². The predicted octanol–water partition coefficient (Wildman–Crippen LogP) is 0.0774. The van der Waals surface area contributed by atoms with Crippen molar-refractivity contribution in [3.05, 3.63) is 35.9 Å². The topological polar surface area (TPSA) is 239 Å². The summed E-state index contributed by atoms with van der Waals surface area (Å²) in [5, 5.41) is 21.1. The fraction of sp³-hybridized carbons (Fsp3) is 0.381. The van der Waals surface area contributed by atoms with Crippen molar-refractivity contribution in [2.24, 2.45) is 17.2 Å². The van der Waals surface area contributed by atoms with Crippen molar-refractivity contribution < 1.29 is 37.5 Å². The molecule has 3 aromatic rings. The Morgan fingerprint density at radius 2 is 1.82 bits per heavy atom. The van der Waals surface area contributed by atoms with Crippen molar-refractivity contribution in [2.45, 2.75) is 50.5 Å². The first kappa shape index (κ1) is 28.8. The average molecular weight is 554 g/mol. The van der Waals surface area contributed by atoms with Crippen LogP contribution in [0.4, 0.5) is 24.7 Å². The number of primary amides is 2. The number of rotatable bonds is 7. The lowest BCUT2D eigenvalue weighted by molar-refractivity contribution is -0.192. The molecule has 0 saturated heterocycles. The lowest BCUT2D eigenvalue weighted by Gasteiger charge is -2.29. The number of aliphatic carboxylic acids is 1. The van der Waals surface area contributed by atoms with Crippen LogP contribution >= 0.6 is 0 Å². The second-order valence-electron chi connectivity index (χ2n) is 8.51. The van der Waals surface area contributed by atoms with Gasteiger partial charge in [0.1, 0.15) is 17.9 Å². The first-order chi connectivity index (χ1) is 18.3. The molecule has 1 saturated carbocycles. The molecule has 3 heterocycles. The summed E-state index contributed by atoms with van der Waals surface area (Å²) in [4.78, 5) is 49.2. The number of halogens is 3. The molecular weight excluding hydrogens is 529 g/mol. The average Bonchev–Trinajstić information content (AvgIpc) is 3.43. The van der Waals surface area contributed by atoms with Gasteiger partial charge in [-0.25, -0.2) is 14.3 Å². The number of carbonyl (C=O) groups excluding carboxylic acids is 3. The van der Waals surface area contributed by atoms with E-state index in [1.807, 2.05) is 0 Å². The van der Waals surface area contributed by atoms with E-state index in [4.69, 9.17) is 27.1 Å². The third kappa shape index (κ3) is 7.40. The van der Waals surface area contributed by atoms with Crippen LogP contribution in [0.15, 0.2) is 24.7 Å². The number of alkyl halides is 3. The second kappa shape index (κ2) is 11.8. The van der Waals surface area contributed by atoms with Crippen LogP contribution in [0, 0.1) is 0 Å². The Bertz CT molecular complexity index is 1390. The molecule has 1 aliphatic rings. The lowest BCUT2D eigenvalue weighted by Crippen LogP contribution is -2.42. The van der Waals surface area contributed by atoms with Gasteiger partial charge in [-0.3, -0.25) is 19.1 Å². The molecule has 3 aromatic heterocycles. The van der Waals surface area contributed by atoms with Crippen molar-refractivity contribution in [3.8, 4) is 0 Å². The van der Waals surface area contributed by atoms with Gasteiger partial charge in [-0.2, -0.15) is 23.4 Å². The normalized spacial score (nSPS) is 17.1. The maximum atomic E-state index is 12.9. The van der Waals surface area contributed by atoms with Crippen LogP contribution < -0.4 is 27.8 Å². The fourth-order valence-electron chi connectivity index (χ4n) is 3.76. The Balaban J connectivity index is 0.000000532. The maximum Gasteiger partial charge on any atom is 0.490 e. The van der Waals surface area contributed by atoms with E-state index in [9.17, 15) is 27.6 Å². The molecule has 0 aliphatic heterocycles. The number of carbonyl (C=O) groups is 4.